The summed E-state index contributed by atoms with van der Waals surface area (Å²) in [5.41, 5.74) is 1.04. The van der Waals surface area contributed by atoms with Crippen molar-refractivity contribution >= 4 is 15.7 Å². The molecule has 0 aromatic heterocycles. The van der Waals surface area contributed by atoms with Crippen LogP contribution in [0, 0.1) is 0 Å². The first kappa shape index (κ1) is 15.0. The lowest BCUT2D eigenvalue weighted by atomic mass is 10.2. The predicted molar refractivity (Wildman–Crippen MR) is 78.0 cm³/mol. The molecule has 1 aliphatic rings. The molecule has 20 heavy (non-hydrogen) atoms. The van der Waals surface area contributed by atoms with Crippen LogP contribution in [0.1, 0.15) is 18.4 Å². The number of hydrogen-bond acceptors (Lipinski definition) is 4. The van der Waals surface area contributed by atoms with E-state index in [0.717, 1.165) is 12.0 Å². The van der Waals surface area contributed by atoms with Gasteiger partial charge in [-0.05, 0) is 18.4 Å². The van der Waals surface area contributed by atoms with E-state index in [9.17, 15) is 13.2 Å². The van der Waals surface area contributed by atoms with Crippen molar-refractivity contribution in [2.75, 3.05) is 18.1 Å². The molecular formula is C14H20N2O3S. The Morgan fingerprint density at radius 3 is 2.70 bits per heavy atom. The first-order valence-electron chi connectivity index (χ1n) is 6.79. The van der Waals surface area contributed by atoms with Crippen LogP contribution in [0.3, 0.4) is 0 Å². The Kier molecular flexibility index (Phi) is 5.14. The summed E-state index contributed by atoms with van der Waals surface area (Å²) < 4.78 is 23.0. The molecular weight excluding hydrogens is 276 g/mol. The van der Waals surface area contributed by atoms with Crippen LogP contribution < -0.4 is 10.6 Å². The summed E-state index contributed by atoms with van der Waals surface area (Å²) >= 11 is 0. The fourth-order valence-electron chi connectivity index (χ4n) is 2.28. The Morgan fingerprint density at radius 2 is 2.00 bits per heavy atom. The third-order valence-corrected chi connectivity index (χ3v) is 5.17. The zero-order valence-electron chi connectivity index (χ0n) is 11.3. The quantitative estimate of drug-likeness (QED) is 0.828. The van der Waals surface area contributed by atoms with Crippen LogP contribution in [-0.2, 0) is 21.2 Å². The van der Waals surface area contributed by atoms with E-state index in [0.29, 0.717) is 13.0 Å². The molecule has 0 spiro atoms. The number of carbonyl (C=O) groups excluding carboxylic acids is 1. The largest absolute Gasteiger partial charge is 0.351 e. The lowest BCUT2D eigenvalue weighted by Gasteiger charge is -2.22. The molecule has 1 atom stereocenters. The third-order valence-electron chi connectivity index (χ3n) is 3.35. The van der Waals surface area contributed by atoms with Crippen LogP contribution in [0.15, 0.2) is 30.3 Å². The molecule has 0 bridgehead atoms. The number of amides is 1. The van der Waals surface area contributed by atoms with Crippen LogP contribution in [0.5, 0.6) is 0 Å². The normalized spacial score (nSPS) is 21.3. The van der Waals surface area contributed by atoms with E-state index in [1.165, 1.54) is 0 Å². The molecule has 1 amide bonds. The van der Waals surface area contributed by atoms with E-state index in [1.54, 1.807) is 0 Å². The molecule has 1 unspecified atom stereocenters. The number of sulfone groups is 1. The Morgan fingerprint density at radius 1 is 1.25 bits per heavy atom. The van der Waals surface area contributed by atoms with Gasteiger partial charge in [0, 0.05) is 12.6 Å². The number of nitrogens with one attached hydrogen (secondary N) is 2. The van der Waals surface area contributed by atoms with E-state index in [-0.39, 0.29) is 30.0 Å². The van der Waals surface area contributed by atoms with Gasteiger partial charge in [0.15, 0.2) is 9.84 Å². The molecule has 1 saturated heterocycles. The van der Waals surface area contributed by atoms with Crippen LogP contribution in [0.4, 0.5) is 0 Å². The Hall–Kier alpha value is -1.40. The molecule has 2 N–H and O–H groups in total. The predicted octanol–water partition coefficient (Wildman–Crippen LogP) is 0.470. The molecule has 1 heterocycles. The van der Waals surface area contributed by atoms with Crippen LogP contribution in [-0.4, -0.2) is 38.4 Å². The van der Waals surface area contributed by atoms with Crippen molar-refractivity contribution in [3.05, 3.63) is 35.9 Å². The first-order valence-corrected chi connectivity index (χ1v) is 8.62. The minimum atomic E-state index is -2.93. The molecule has 2 rings (SSSR count). The summed E-state index contributed by atoms with van der Waals surface area (Å²) in [6.07, 6.45) is 1.48. The second kappa shape index (κ2) is 6.85. The van der Waals surface area contributed by atoms with E-state index < -0.39 is 9.84 Å². The van der Waals surface area contributed by atoms with Crippen molar-refractivity contribution in [1.82, 2.24) is 10.6 Å². The van der Waals surface area contributed by atoms with Crippen LogP contribution >= 0.6 is 0 Å². The van der Waals surface area contributed by atoms with Gasteiger partial charge in [0.1, 0.15) is 0 Å². The number of carbonyl (C=O) groups is 1. The zero-order chi connectivity index (χ0) is 14.4. The minimum absolute atomic E-state index is 0.101. The molecule has 110 valence electrons. The van der Waals surface area contributed by atoms with E-state index >= 15 is 0 Å². The van der Waals surface area contributed by atoms with Gasteiger partial charge in [0.25, 0.3) is 0 Å². The molecule has 1 aromatic carbocycles. The lowest BCUT2D eigenvalue weighted by molar-refractivity contribution is -0.120. The maximum atomic E-state index is 11.7. The average molecular weight is 296 g/mol. The lowest BCUT2D eigenvalue weighted by Crippen LogP contribution is -2.44. The van der Waals surface area contributed by atoms with Crippen molar-refractivity contribution in [3.8, 4) is 0 Å². The van der Waals surface area contributed by atoms with Crippen molar-refractivity contribution in [2.24, 2.45) is 0 Å². The average Bonchev–Trinajstić information content (AvgIpc) is 2.43. The van der Waals surface area contributed by atoms with Gasteiger partial charge < -0.3 is 10.6 Å². The molecule has 0 saturated carbocycles. The van der Waals surface area contributed by atoms with Gasteiger partial charge in [-0.2, -0.15) is 0 Å². The highest BCUT2D eigenvalue weighted by Gasteiger charge is 2.24. The number of hydrogen-bond donors (Lipinski definition) is 2. The van der Waals surface area contributed by atoms with Gasteiger partial charge in [-0.15, -0.1) is 0 Å². The first-order chi connectivity index (χ1) is 9.55. The minimum Gasteiger partial charge on any atom is -0.351 e. The SMILES string of the molecule is O=C(CNC1CCCS(=O)(=O)C1)NCc1ccccc1. The maximum Gasteiger partial charge on any atom is 0.234 e. The second-order valence-electron chi connectivity index (χ2n) is 5.10. The van der Waals surface area contributed by atoms with Gasteiger partial charge in [0.05, 0.1) is 18.1 Å². The van der Waals surface area contributed by atoms with Crippen molar-refractivity contribution in [1.29, 1.82) is 0 Å². The van der Waals surface area contributed by atoms with Gasteiger partial charge in [-0.1, -0.05) is 30.3 Å². The van der Waals surface area contributed by atoms with Gasteiger partial charge in [0.2, 0.25) is 5.91 Å². The fraction of sp³-hybridized carbons (Fsp3) is 0.500. The Balaban J connectivity index is 1.70. The van der Waals surface area contributed by atoms with Crippen molar-refractivity contribution in [2.45, 2.75) is 25.4 Å². The van der Waals surface area contributed by atoms with Crippen LogP contribution in [0.2, 0.25) is 0 Å². The maximum absolute atomic E-state index is 11.7. The third kappa shape index (κ3) is 4.94. The Labute approximate surface area is 119 Å². The summed E-state index contributed by atoms with van der Waals surface area (Å²) in [7, 11) is -2.93. The summed E-state index contributed by atoms with van der Waals surface area (Å²) in [4.78, 5) is 11.7. The molecule has 0 radical (unpaired) electrons. The molecule has 1 fully saturated rings. The van der Waals surface area contributed by atoms with Gasteiger partial charge in [-0.3, -0.25) is 4.79 Å². The Bertz CT molecular complexity index is 543. The summed E-state index contributed by atoms with van der Waals surface area (Å²) in [6, 6.07) is 9.56. The highest BCUT2D eigenvalue weighted by atomic mass is 32.2. The van der Waals surface area contributed by atoms with Crippen molar-refractivity contribution < 1.29 is 13.2 Å². The topological polar surface area (TPSA) is 75.3 Å². The second-order valence-corrected chi connectivity index (χ2v) is 7.33. The number of rotatable bonds is 5. The summed E-state index contributed by atoms with van der Waals surface area (Å²) in [5.74, 6) is 0.293. The summed E-state index contributed by atoms with van der Waals surface area (Å²) in [6.45, 7) is 0.650. The zero-order valence-corrected chi connectivity index (χ0v) is 12.2. The molecule has 1 aromatic rings. The smallest absolute Gasteiger partial charge is 0.234 e. The molecule has 6 heteroatoms. The fourth-order valence-corrected chi connectivity index (χ4v) is 3.95. The number of benzene rings is 1. The standard InChI is InChI=1S/C14H20N2O3S/c17-14(16-9-12-5-2-1-3-6-12)10-15-13-7-4-8-20(18,19)11-13/h1-3,5-6,13,15H,4,7-11H2,(H,16,17). The monoisotopic (exact) mass is 296 g/mol. The highest BCUT2D eigenvalue weighted by molar-refractivity contribution is 7.91. The van der Waals surface area contributed by atoms with Crippen LogP contribution in [0.25, 0.3) is 0 Å². The van der Waals surface area contributed by atoms with E-state index in [4.69, 9.17) is 0 Å². The van der Waals surface area contributed by atoms with Gasteiger partial charge >= 0.3 is 0 Å². The van der Waals surface area contributed by atoms with Crippen molar-refractivity contribution in [3.63, 3.8) is 0 Å². The molecule has 1 aliphatic heterocycles. The summed E-state index contributed by atoms with van der Waals surface area (Å²) in [5, 5.41) is 5.83. The molecule has 0 aliphatic carbocycles. The van der Waals surface area contributed by atoms with E-state index in [1.807, 2.05) is 30.3 Å². The highest BCUT2D eigenvalue weighted by Crippen LogP contribution is 2.11. The van der Waals surface area contributed by atoms with Gasteiger partial charge in [-0.25, -0.2) is 8.42 Å². The van der Waals surface area contributed by atoms with E-state index in [2.05, 4.69) is 10.6 Å². The molecule has 5 nitrogen and oxygen atoms in total.